The molecule has 0 bridgehead atoms. The molecule has 8 nitrogen and oxygen atoms in total. The Hall–Kier alpha value is -4.18. The number of aromatic nitrogens is 2. The molecule has 2 aromatic heterocycles. The summed E-state index contributed by atoms with van der Waals surface area (Å²) < 4.78 is 30.7. The van der Waals surface area contributed by atoms with Crippen LogP contribution in [0.4, 0.5) is 20.3 Å². The molecule has 41 heavy (non-hydrogen) atoms. The molecular weight excluding hydrogens is 526 g/mol. The largest absolute Gasteiger partial charge is 0.355 e. The highest BCUT2D eigenvalue weighted by atomic mass is 19.1. The summed E-state index contributed by atoms with van der Waals surface area (Å²) in [7, 11) is 0. The van der Waals surface area contributed by atoms with Gasteiger partial charge in [0.1, 0.15) is 29.0 Å². The maximum Gasteiger partial charge on any atom is 0.246 e. The van der Waals surface area contributed by atoms with Crippen molar-refractivity contribution in [2.45, 2.75) is 59.0 Å². The summed E-state index contributed by atoms with van der Waals surface area (Å²) in [5.41, 5.74) is 2.34. The third-order valence-electron chi connectivity index (χ3n) is 7.68. The van der Waals surface area contributed by atoms with Gasteiger partial charge >= 0.3 is 0 Å². The number of hydrogen-bond acceptors (Lipinski definition) is 7. The first-order chi connectivity index (χ1) is 19.5. The Morgan fingerprint density at radius 3 is 2.51 bits per heavy atom. The van der Waals surface area contributed by atoms with Crippen LogP contribution in [0.1, 0.15) is 50.4 Å². The van der Waals surface area contributed by atoms with Crippen molar-refractivity contribution in [1.82, 2.24) is 19.8 Å². The topological polar surface area (TPSA) is 85.2 Å². The van der Waals surface area contributed by atoms with Crippen molar-refractivity contribution in [3.8, 4) is 11.3 Å². The van der Waals surface area contributed by atoms with Crippen LogP contribution in [0.2, 0.25) is 0 Å². The molecule has 2 aliphatic heterocycles. The van der Waals surface area contributed by atoms with E-state index in [4.69, 9.17) is 0 Å². The predicted octanol–water partition coefficient (Wildman–Crippen LogP) is 5.14. The number of nitrogens with zero attached hydrogens (tertiary/aromatic N) is 6. The van der Waals surface area contributed by atoms with Crippen molar-refractivity contribution in [1.29, 1.82) is 0 Å². The van der Waals surface area contributed by atoms with Crippen molar-refractivity contribution >= 4 is 23.2 Å². The van der Waals surface area contributed by atoms with Crippen molar-refractivity contribution in [3.05, 3.63) is 83.7 Å². The number of rotatable bonds is 4. The number of halogens is 2. The van der Waals surface area contributed by atoms with Gasteiger partial charge in [0, 0.05) is 36.9 Å². The van der Waals surface area contributed by atoms with Crippen molar-refractivity contribution in [2.24, 2.45) is 4.99 Å². The highest BCUT2D eigenvalue weighted by Crippen LogP contribution is 2.41. The van der Waals surface area contributed by atoms with Crippen LogP contribution in [0.25, 0.3) is 11.3 Å². The molecule has 214 valence electrons. The number of hydrogen-bond donors (Lipinski definition) is 1. The third kappa shape index (κ3) is 4.97. The summed E-state index contributed by atoms with van der Waals surface area (Å²) in [5, 5.41) is 11.6. The Morgan fingerprint density at radius 1 is 1.10 bits per heavy atom. The van der Waals surface area contributed by atoms with Gasteiger partial charge in [0.25, 0.3) is 0 Å². The molecule has 1 fully saturated rings. The van der Waals surface area contributed by atoms with Gasteiger partial charge in [-0.05, 0) is 62.6 Å². The van der Waals surface area contributed by atoms with E-state index in [0.29, 0.717) is 35.9 Å². The van der Waals surface area contributed by atoms with Gasteiger partial charge in [-0.3, -0.25) is 14.7 Å². The number of benzene rings is 1. The Bertz CT molecular complexity index is 1540. The Morgan fingerprint density at radius 2 is 1.83 bits per heavy atom. The van der Waals surface area contributed by atoms with E-state index in [1.165, 1.54) is 30.3 Å². The monoisotopic (exact) mass is 560 g/mol. The summed E-state index contributed by atoms with van der Waals surface area (Å²) in [4.78, 5) is 31.6. The number of aliphatic hydroxyl groups excluding tert-OH is 1. The third-order valence-corrected chi connectivity index (χ3v) is 7.68. The van der Waals surface area contributed by atoms with Crippen molar-refractivity contribution in [2.75, 3.05) is 18.0 Å². The van der Waals surface area contributed by atoms with Gasteiger partial charge in [0.2, 0.25) is 12.3 Å². The van der Waals surface area contributed by atoms with E-state index >= 15 is 4.39 Å². The SMILES string of the molecule is C=CC(=O)N1C[C@H](C)N(C2=NC(O)N(c3c(C)ccnc3C(C)C)c3nc(-c4ccccc4F)c(F)cc32)C[C@H]1C. The number of amidine groups is 1. The molecule has 1 saturated heterocycles. The number of aryl methyl sites for hydroxylation is 1. The van der Waals surface area contributed by atoms with Gasteiger partial charge in [-0.15, -0.1) is 0 Å². The number of fused-ring (bicyclic) bond motifs is 1. The molecule has 1 aromatic carbocycles. The lowest BCUT2D eigenvalue weighted by molar-refractivity contribution is -0.130. The predicted molar refractivity (Wildman–Crippen MR) is 155 cm³/mol. The molecule has 0 aliphatic carbocycles. The van der Waals surface area contributed by atoms with Gasteiger partial charge in [0.15, 0.2) is 0 Å². The van der Waals surface area contributed by atoms with Crippen molar-refractivity contribution in [3.63, 3.8) is 0 Å². The first kappa shape index (κ1) is 28.4. The lowest BCUT2D eigenvalue weighted by Gasteiger charge is -2.47. The summed E-state index contributed by atoms with van der Waals surface area (Å²) in [6, 6.07) is 8.61. The molecule has 0 spiro atoms. The Kier molecular flexibility index (Phi) is 7.61. The zero-order valence-electron chi connectivity index (χ0n) is 23.8. The van der Waals surface area contributed by atoms with E-state index in [1.54, 1.807) is 22.1 Å². The number of piperazine rings is 1. The lowest BCUT2D eigenvalue weighted by atomic mass is 10.0. The fraction of sp³-hybridized carbons (Fsp3) is 0.355. The molecule has 1 N–H and O–H groups in total. The minimum absolute atomic E-state index is 0.00578. The summed E-state index contributed by atoms with van der Waals surface area (Å²) >= 11 is 0. The number of anilines is 2. The van der Waals surface area contributed by atoms with Crippen LogP contribution in [-0.2, 0) is 4.79 Å². The second-order valence-corrected chi connectivity index (χ2v) is 10.9. The molecular formula is C31H34F2N6O2. The first-order valence-corrected chi connectivity index (χ1v) is 13.7. The highest BCUT2D eigenvalue weighted by molar-refractivity contribution is 6.06. The highest BCUT2D eigenvalue weighted by Gasteiger charge is 2.40. The smallest absolute Gasteiger partial charge is 0.246 e. The molecule has 2 aliphatic rings. The summed E-state index contributed by atoms with van der Waals surface area (Å²) in [5.74, 6) is -0.907. The van der Waals surface area contributed by atoms with Crippen LogP contribution < -0.4 is 4.90 Å². The van der Waals surface area contributed by atoms with E-state index in [0.717, 1.165) is 5.56 Å². The van der Waals surface area contributed by atoms with Crippen LogP contribution >= 0.6 is 0 Å². The maximum absolute atomic E-state index is 15.8. The number of carbonyl (C=O) groups is 1. The molecule has 10 heteroatoms. The minimum atomic E-state index is -1.42. The van der Waals surface area contributed by atoms with Gasteiger partial charge in [-0.1, -0.05) is 32.6 Å². The average molecular weight is 561 g/mol. The molecule has 1 unspecified atom stereocenters. The number of aliphatic hydroxyl groups is 1. The van der Waals surface area contributed by atoms with E-state index in [1.807, 2.05) is 45.6 Å². The Labute approximate surface area is 238 Å². The van der Waals surface area contributed by atoms with Crippen LogP contribution in [-0.4, -0.2) is 68.1 Å². The van der Waals surface area contributed by atoms with Gasteiger partial charge in [-0.2, -0.15) is 0 Å². The molecule has 0 radical (unpaired) electrons. The number of aliphatic imine (C=N–C) groups is 1. The van der Waals surface area contributed by atoms with Gasteiger partial charge in [-0.25, -0.2) is 18.8 Å². The zero-order valence-corrected chi connectivity index (χ0v) is 23.8. The zero-order chi connectivity index (χ0) is 29.6. The Balaban J connectivity index is 1.72. The van der Waals surface area contributed by atoms with Gasteiger partial charge < -0.3 is 14.9 Å². The number of carbonyl (C=O) groups excluding carboxylic acids is 1. The minimum Gasteiger partial charge on any atom is -0.355 e. The standard InChI is InChI=1S/C31H34F2N6O2/c1-7-25(40)37-15-20(6)38(16-19(37)5)29-22-14-24(33)27(21-10-8-9-11-23(21)32)35-30(22)39(31(41)36-29)28-18(4)12-13-34-26(28)17(2)3/h7-14,17,19-20,31,41H,1,15-16H2,2-6H3/t19-,20+,31?/m1/s1. The molecule has 3 atom stereocenters. The lowest BCUT2D eigenvalue weighted by Crippen LogP contribution is -2.60. The van der Waals surface area contributed by atoms with E-state index < -0.39 is 18.0 Å². The summed E-state index contributed by atoms with van der Waals surface area (Å²) in [6.45, 7) is 14.1. The van der Waals surface area contributed by atoms with Crippen LogP contribution in [0.3, 0.4) is 0 Å². The maximum atomic E-state index is 15.8. The average Bonchev–Trinajstić information content (AvgIpc) is 2.94. The molecule has 1 amide bonds. The van der Waals surface area contributed by atoms with Crippen LogP contribution in [0.15, 0.2) is 60.2 Å². The first-order valence-electron chi connectivity index (χ1n) is 13.7. The fourth-order valence-electron chi connectivity index (χ4n) is 5.62. The molecule has 4 heterocycles. The van der Waals surface area contributed by atoms with E-state index in [9.17, 15) is 14.3 Å². The summed E-state index contributed by atoms with van der Waals surface area (Å²) in [6.07, 6.45) is 1.58. The van der Waals surface area contributed by atoms with E-state index in [-0.39, 0.29) is 41.0 Å². The fourth-order valence-corrected chi connectivity index (χ4v) is 5.62. The quantitative estimate of drug-likeness (QED) is 0.445. The van der Waals surface area contributed by atoms with Crippen LogP contribution in [0, 0.1) is 18.6 Å². The van der Waals surface area contributed by atoms with Gasteiger partial charge in [0.05, 0.1) is 16.9 Å². The second kappa shape index (κ2) is 11.0. The van der Waals surface area contributed by atoms with E-state index in [2.05, 4.69) is 21.5 Å². The number of pyridine rings is 2. The molecule has 5 rings (SSSR count). The normalized spacial score (nSPS) is 20.7. The van der Waals surface area contributed by atoms with Crippen LogP contribution in [0.5, 0.6) is 0 Å². The molecule has 0 saturated carbocycles. The number of amides is 1. The molecule has 3 aromatic rings. The second-order valence-electron chi connectivity index (χ2n) is 10.9. The van der Waals surface area contributed by atoms with Crippen molar-refractivity contribution < 1.29 is 18.7 Å².